The van der Waals surface area contributed by atoms with E-state index >= 15 is 0 Å². The monoisotopic (exact) mass is 402 g/mol. The second-order valence-electron chi connectivity index (χ2n) is 6.93. The molecule has 1 aromatic carbocycles. The van der Waals surface area contributed by atoms with Crippen molar-refractivity contribution in [2.75, 3.05) is 33.5 Å². The molecule has 1 aromatic rings. The Balaban J connectivity index is 1.94. The van der Waals surface area contributed by atoms with Crippen molar-refractivity contribution in [2.45, 2.75) is 30.7 Å². The van der Waals surface area contributed by atoms with Crippen molar-refractivity contribution in [3.8, 4) is 5.75 Å². The van der Waals surface area contributed by atoms with Crippen molar-refractivity contribution in [1.29, 1.82) is 0 Å². The number of fused-ring (bicyclic) bond motifs is 2. The molecule has 158 valence electrons. The summed E-state index contributed by atoms with van der Waals surface area (Å²) in [7, 11) is 1.69. The Kier molecular flexibility index (Phi) is 8.03. The Labute approximate surface area is 172 Å². The van der Waals surface area contributed by atoms with Crippen molar-refractivity contribution in [3.63, 3.8) is 0 Å². The second-order valence-corrected chi connectivity index (χ2v) is 6.93. The normalized spacial score (nSPS) is 30.5. The molecule has 6 heteroatoms. The lowest BCUT2D eigenvalue weighted by atomic mass is 9.81. The Morgan fingerprint density at radius 2 is 1.66 bits per heavy atom. The van der Waals surface area contributed by atoms with E-state index in [0.717, 1.165) is 11.3 Å². The van der Waals surface area contributed by atoms with Crippen LogP contribution in [-0.4, -0.2) is 58.1 Å². The van der Waals surface area contributed by atoms with Gasteiger partial charge in [-0.05, 0) is 6.07 Å². The van der Waals surface area contributed by atoms with Gasteiger partial charge in [0, 0.05) is 12.7 Å². The van der Waals surface area contributed by atoms with Gasteiger partial charge >= 0.3 is 0 Å². The molecule has 29 heavy (non-hydrogen) atoms. The molecule has 0 unspecified atom stereocenters. The minimum atomic E-state index is -0.550. The van der Waals surface area contributed by atoms with Gasteiger partial charge in [-0.25, -0.2) is 0 Å². The summed E-state index contributed by atoms with van der Waals surface area (Å²) in [6.45, 7) is 12.7. The van der Waals surface area contributed by atoms with Crippen LogP contribution in [0.25, 0.3) is 0 Å². The van der Waals surface area contributed by atoms with Crippen molar-refractivity contribution < 1.29 is 28.4 Å². The van der Waals surface area contributed by atoms with Gasteiger partial charge in [-0.2, -0.15) is 0 Å². The standard InChI is InChI=1S/C23H30O6/c1-5-12-25-15-18-21(26-13-6-2)22(27-14-7-3)19-20(24-4)16-10-8-9-11-17(16)28-23(19)29-18/h5-11,18-23H,1-3,12-15H2,4H3/t18-,19+,20+,21-,22-,23-/m1/s1. The molecule has 2 heterocycles. The molecule has 0 bridgehead atoms. The van der Waals surface area contributed by atoms with Gasteiger partial charge in [0.2, 0.25) is 6.29 Å². The fourth-order valence-corrected chi connectivity index (χ4v) is 3.95. The first-order chi connectivity index (χ1) is 14.2. The number of methoxy groups -OCH3 is 1. The fraction of sp³-hybridized carbons (Fsp3) is 0.478. The first-order valence-electron chi connectivity index (χ1n) is 9.82. The van der Waals surface area contributed by atoms with Gasteiger partial charge in [0.25, 0.3) is 0 Å². The lowest BCUT2D eigenvalue weighted by Gasteiger charge is -2.50. The molecule has 1 fully saturated rings. The third-order valence-electron chi connectivity index (χ3n) is 5.10. The van der Waals surface area contributed by atoms with E-state index in [9.17, 15) is 0 Å². The Hall–Kier alpha value is -1.96. The van der Waals surface area contributed by atoms with Crippen LogP contribution in [0.15, 0.2) is 62.2 Å². The number of rotatable bonds is 11. The zero-order chi connectivity index (χ0) is 20.6. The van der Waals surface area contributed by atoms with Crippen LogP contribution in [0.5, 0.6) is 5.75 Å². The Bertz CT molecular complexity index is 690. The van der Waals surface area contributed by atoms with Gasteiger partial charge < -0.3 is 28.4 Å². The van der Waals surface area contributed by atoms with Gasteiger partial charge in [-0.15, -0.1) is 19.7 Å². The second kappa shape index (κ2) is 10.7. The molecule has 2 aliphatic rings. The van der Waals surface area contributed by atoms with Crippen LogP contribution in [0.1, 0.15) is 11.7 Å². The van der Waals surface area contributed by atoms with E-state index in [1.165, 1.54) is 0 Å². The SMILES string of the molecule is C=CCOC[C@H]1O[C@H]2Oc3ccccc3[C@H](OC)[C@H]2[C@@H](OCC=C)[C@@H]1OCC=C. The lowest BCUT2D eigenvalue weighted by Crippen LogP contribution is -2.61. The fourth-order valence-electron chi connectivity index (χ4n) is 3.95. The highest BCUT2D eigenvalue weighted by molar-refractivity contribution is 5.38. The average Bonchev–Trinajstić information content (AvgIpc) is 2.75. The van der Waals surface area contributed by atoms with E-state index in [1.807, 2.05) is 24.3 Å². The van der Waals surface area contributed by atoms with Crippen LogP contribution in [0, 0.1) is 5.92 Å². The van der Waals surface area contributed by atoms with E-state index in [1.54, 1.807) is 25.3 Å². The third-order valence-corrected chi connectivity index (χ3v) is 5.10. The highest BCUT2D eigenvalue weighted by Crippen LogP contribution is 2.47. The van der Waals surface area contributed by atoms with Crippen LogP contribution in [0.4, 0.5) is 0 Å². The van der Waals surface area contributed by atoms with Crippen LogP contribution in [0.2, 0.25) is 0 Å². The van der Waals surface area contributed by atoms with Gasteiger partial charge in [-0.1, -0.05) is 36.4 Å². The van der Waals surface area contributed by atoms with E-state index in [4.69, 9.17) is 28.4 Å². The molecule has 0 aromatic heterocycles. The molecule has 0 spiro atoms. The predicted octanol–water partition coefficient (Wildman–Crippen LogP) is 3.45. The zero-order valence-electron chi connectivity index (χ0n) is 16.9. The quantitative estimate of drug-likeness (QED) is 0.417. The Morgan fingerprint density at radius 1 is 0.966 bits per heavy atom. The van der Waals surface area contributed by atoms with Crippen molar-refractivity contribution in [3.05, 3.63) is 67.8 Å². The minimum Gasteiger partial charge on any atom is -0.464 e. The summed E-state index contributed by atoms with van der Waals surface area (Å²) in [6.07, 6.45) is 3.21. The molecule has 6 nitrogen and oxygen atoms in total. The maximum absolute atomic E-state index is 6.32. The highest BCUT2D eigenvalue weighted by Gasteiger charge is 2.54. The molecule has 0 saturated carbocycles. The summed E-state index contributed by atoms with van der Waals surface area (Å²) in [5.41, 5.74) is 0.968. The summed E-state index contributed by atoms with van der Waals surface area (Å²) in [5.74, 6) is 0.527. The smallest absolute Gasteiger partial charge is 0.208 e. The summed E-state index contributed by atoms with van der Waals surface area (Å²) in [4.78, 5) is 0. The van der Waals surface area contributed by atoms with Crippen molar-refractivity contribution in [2.24, 2.45) is 5.92 Å². The molecular formula is C23H30O6. The maximum Gasteiger partial charge on any atom is 0.208 e. The minimum absolute atomic E-state index is 0.222. The largest absolute Gasteiger partial charge is 0.464 e. The predicted molar refractivity (Wildman–Crippen MR) is 110 cm³/mol. The topological polar surface area (TPSA) is 55.4 Å². The summed E-state index contributed by atoms with van der Waals surface area (Å²) in [6, 6.07) is 7.82. The van der Waals surface area contributed by atoms with Gasteiger partial charge in [0.15, 0.2) is 0 Å². The van der Waals surface area contributed by atoms with Gasteiger partial charge in [0.1, 0.15) is 18.0 Å². The summed E-state index contributed by atoms with van der Waals surface area (Å²) in [5, 5.41) is 0. The first kappa shape index (κ1) is 21.7. The van der Waals surface area contributed by atoms with Crippen LogP contribution < -0.4 is 4.74 Å². The molecule has 0 radical (unpaired) electrons. The van der Waals surface area contributed by atoms with Crippen molar-refractivity contribution >= 4 is 0 Å². The average molecular weight is 402 g/mol. The molecule has 2 aliphatic heterocycles. The molecule has 0 N–H and O–H groups in total. The number of benzene rings is 1. The van der Waals surface area contributed by atoms with Gasteiger partial charge in [0.05, 0.1) is 44.6 Å². The summed E-state index contributed by atoms with van der Waals surface area (Å²) >= 11 is 0. The number of para-hydroxylation sites is 1. The molecule has 0 amide bonds. The van der Waals surface area contributed by atoms with E-state index in [0.29, 0.717) is 26.4 Å². The molecule has 1 saturated heterocycles. The zero-order valence-corrected chi connectivity index (χ0v) is 16.9. The molecule has 3 rings (SSSR count). The van der Waals surface area contributed by atoms with E-state index in [2.05, 4.69) is 19.7 Å². The number of ether oxygens (including phenoxy) is 6. The maximum atomic E-state index is 6.32. The van der Waals surface area contributed by atoms with Crippen LogP contribution >= 0.6 is 0 Å². The Morgan fingerprint density at radius 3 is 2.34 bits per heavy atom. The highest BCUT2D eigenvalue weighted by atomic mass is 16.7. The summed E-state index contributed by atoms with van der Waals surface area (Å²) < 4.78 is 36.4. The van der Waals surface area contributed by atoms with E-state index < -0.39 is 6.29 Å². The van der Waals surface area contributed by atoms with E-state index in [-0.39, 0.29) is 30.3 Å². The first-order valence-corrected chi connectivity index (χ1v) is 9.82. The molecular weight excluding hydrogens is 372 g/mol. The third kappa shape index (κ3) is 4.79. The number of hydrogen-bond donors (Lipinski definition) is 0. The lowest BCUT2D eigenvalue weighted by molar-refractivity contribution is -0.299. The number of hydrogen-bond acceptors (Lipinski definition) is 6. The van der Waals surface area contributed by atoms with Crippen LogP contribution in [-0.2, 0) is 23.7 Å². The molecule has 0 aliphatic carbocycles. The van der Waals surface area contributed by atoms with Crippen LogP contribution in [0.3, 0.4) is 0 Å². The van der Waals surface area contributed by atoms with Crippen molar-refractivity contribution in [1.82, 2.24) is 0 Å². The molecule has 6 atom stereocenters. The van der Waals surface area contributed by atoms with Gasteiger partial charge in [-0.3, -0.25) is 0 Å².